The van der Waals surface area contributed by atoms with Crippen molar-refractivity contribution < 1.29 is 0 Å². The zero-order chi connectivity index (χ0) is 13.3. The van der Waals surface area contributed by atoms with Gasteiger partial charge in [-0.15, -0.1) is 0 Å². The van der Waals surface area contributed by atoms with Crippen molar-refractivity contribution in [1.82, 2.24) is 9.80 Å². The van der Waals surface area contributed by atoms with Gasteiger partial charge in [0, 0.05) is 19.1 Å². The second-order valence-corrected chi connectivity index (χ2v) is 5.73. The Bertz CT molecular complexity index is 168. The van der Waals surface area contributed by atoms with Crippen LogP contribution in [0.5, 0.6) is 0 Å². The Balaban J connectivity index is 3.69. The molecule has 0 N–H and O–H groups in total. The zero-order valence-corrected chi connectivity index (χ0v) is 13.0. The Morgan fingerprint density at radius 2 is 1.59 bits per heavy atom. The van der Waals surface area contributed by atoms with Gasteiger partial charge in [-0.3, -0.25) is 4.90 Å². The highest BCUT2D eigenvalue weighted by molar-refractivity contribution is 4.66. The summed E-state index contributed by atoms with van der Waals surface area (Å²) in [7, 11) is 2.25. The van der Waals surface area contributed by atoms with Crippen LogP contribution in [-0.4, -0.2) is 49.1 Å². The van der Waals surface area contributed by atoms with Crippen molar-refractivity contribution in [3.05, 3.63) is 0 Å². The minimum atomic E-state index is 0.726. The van der Waals surface area contributed by atoms with E-state index in [1.807, 2.05) is 0 Å². The Kier molecular flexibility index (Phi) is 9.85. The molecule has 0 aromatic heterocycles. The first kappa shape index (κ1) is 16.9. The van der Waals surface area contributed by atoms with Gasteiger partial charge in [0.15, 0.2) is 0 Å². The molecule has 2 heteroatoms. The number of likely N-dealkylation sites (N-methyl/N-ethyl adjacent to an activating group) is 2. The Morgan fingerprint density at radius 3 is 2.06 bits per heavy atom. The van der Waals surface area contributed by atoms with E-state index in [1.165, 1.54) is 45.4 Å². The Labute approximate surface area is 109 Å². The summed E-state index contributed by atoms with van der Waals surface area (Å²) in [4.78, 5) is 5.06. The van der Waals surface area contributed by atoms with E-state index < -0.39 is 0 Å². The largest absolute Gasteiger partial charge is 0.305 e. The molecule has 0 heterocycles. The first-order chi connectivity index (χ1) is 8.01. The summed E-state index contributed by atoms with van der Waals surface area (Å²) in [5.41, 5.74) is 0. The van der Waals surface area contributed by atoms with Crippen molar-refractivity contribution in [3.63, 3.8) is 0 Å². The SMILES string of the molecule is CCC(C)N(CC)CCN(C)CCCC(C)C. The van der Waals surface area contributed by atoms with Crippen LogP contribution in [-0.2, 0) is 0 Å². The second-order valence-electron chi connectivity index (χ2n) is 5.73. The van der Waals surface area contributed by atoms with E-state index in [0.717, 1.165) is 12.0 Å². The average molecular weight is 242 g/mol. The number of hydrogen-bond donors (Lipinski definition) is 0. The third kappa shape index (κ3) is 8.62. The average Bonchev–Trinajstić information content (AvgIpc) is 2.28. The molecule has 1 unspecified atom stereocenters. The molecular weight excluding hydrogens is 208 g/mol. The van der Waals surface area contributed by atoms with Crippen LogP contribution in [0, 0.1) is 5.92 Å². The molecule has 0 aliphatic rings. The summed E-state index contributed by atoms with van der Waals surface area (Å²) in [5, 5.41) is 0. The summed E-state index contributed by atoms with van der Waals surface area (Å²) in [6, 6.07) is 0.726. The van der Waals surface area contributed by atoms with Crippen molar-refractivity contribution in [3.8, 4) is 0 Å². The van der Waals surface area contributed by atoms with Gasteiger partial charge in [0.1, 0.15) is 0 Å². The molecule has 0 saturated heterocycles. The van der Waals surface area contributed by atoms with Crippen LogP contribution in [0.15, 0.2) is 0 Å². The second kappa shape index (κ2) is 9.90. The lowest BCUT2D eigenvalue weighted by molar-refractivity contribution is 0.182. The van der Waals surface area contributed by atoms with Gasteiger partial charge in [-0.2, -0.15) is 0 Å². The molecular formula is C15H34N2. The highest BCUT2D eigenvalue weighted by atomic mass is 15.2. The molecule has 0 rings (SSSR count). The fourth-order valence-corrected chi connectivity index (χ4v) is 2.13. The van der Waals surface area contributed by atoms with E-state index in [1.54, 1.807) is 0 Å². The van der Waals surface area contributed by atoms with Crippen LogP contribution < -0.4 is 0 Å². The molecule has 0 radical (unpaired) electrons. The molecule has 2 nitrogen and oxygen atoms in total. The van der Waals surface area contributed by atoms with E-state index in [4.69, 9.17) is 0 Å². The first-order valence-electron chi connectivity index (χ1n) is 7.43. The van der Waals surface area contributed by atoms with E-state index in [2.05, 4.69) is 51.5 Å². The quantitative estimate of drug-likeness (QED) is 0.579. The van der Waals surface area contributed by atoms with Crippen LogP contribution in [0.1, 0.15) is 53.9 Å². The molecule has 104 valence electrons. The zero-order valence-electron chi connectivity index (χ0n) is 13.0. The molecule has 0 saturated carbocycles. The van der Waals surface area contributed by atoms with Gasteiger partial charge in [-0.1, -0.05) is 27.7 Å². The van der Waals surface area contributed by atoms with Crippen molar-refractivity contribution in [1.29, 1.82) is 0 Å². The summed E-state index contributed by atoms with van der Waals surface area (Å²) in [6.45, 7) is 16.3. The predicted octanol–water partition coefficient (Wildman–Crippen LogP) is 3.47. The fourth-order valence-electron chi connectivity index (χ4n) is 2.13. The molecule has 0 aromatic carbocycles. The number of nitrogens with zero attached hydrogens (tertiary/aromatic N) is 2. The maximum atomic E-state index is 2.58. The van der Waals surface area contributed by atoms with Crippen molar-refractivity contribution in [2.75, 3.05) is 33.2 Å². The fraction of sp³-hybridized carbons (Fsp3) is 1.00. The summed E-state index contributed by atoms with van der Waals surface area (Å²) >= 11 is 0. The normalized spacial score (nSPS) is 13.9. The van der Waals surface area contributed by atoms with E-state index in [0.29, 0.717) is 0 Å². The highest BCUT2D eigenvalue weighted by Gasteiger charge is 2.10. The van der Waals surface area contributed by atoms with Crippen LogP contribution in [0.3, 0.4) is 0 Å². The molecule has 0 fully saturated rings. The van der Waals surface area contributed by atoms with Crippen LogP contribution in [0.2, 0.25) is 0 Å². The third-order valence-electron chi connectivity index (χ3n) is 3.71. The number of rotatable bonds is 10. The molecule has 0 amide bonds. The Morgan fingerprint density at radius 1 is 0.941 bits per heavy atom. The van der Waals surface area contributed by atoms with Gasteiger partial charge in [0.2, 0.25) is 0 Å². The summed E-state index contributed by atoms with van der Waals surface area (Å²) < 4.78 is 0. The molecule has 1 atom stereocenters. The topological polar surface area (TPSA) is 6.48 Å². The summed E-state index contributed by atoms with van der Waals surface area (Å²) in [6.07, 6.45) is 3.95. The maximum absolute atomic E-state index is 2.58. The third-order valence-corrected chi connectivity index (χ3v) is 3.71. The lowest BCUT2D eigenvalue weighted by atomic mass is 10.1. The van der Waals surface area contributed by atoms with Crippen LogP contribution >= 0.6 is 0 Å². The van der Waals surface area contributed by atoms with Gasteiger partial charge in [0.25, 0.3) is 0 Å². The van der Waals surface area contributed by atoms with Gasteiger partial charge in [-0.05, 0) is 52.2 Å². The van der Waals surface area contributed by atoms with Gasteiger partial charge in [0.05, 0.1) is 0 Å². The number of hydrogen-bond acceptors (Lipinski definition) is 2. The van der Waals surface area contributed by atoms with E-state index in [-0.39, 0.29) is 0 Å². The predicted molar refractivity (Wildman–Crippen MR) is 78.6 cm³/mol. The van der Waals surface area contributed by atoms with Crippen molar-refractivity contribution >= 4 is 0 Å². The molecule has 0 aliphatic carbocycles. The lowest BCUT2D eigenvalue weighted by Crippen LogP contribution is -2.38. The first-order valence-corrected chi connectivity index (χ1v) is 7.43. The van der Waals surface area contributed by atoms with E-state index in [9.17, 15) is 0 Å². The standard InChI is InChI=1S/C15H34N2/c1-7-15(5)17(8-2)13-12-16(6)11-9-10-14(3)4/h14-15H,7-13H2,1-6H3. The highest BCUT2D eigenvalue weighted by Crippen LogP contribution is 2.05. The Hall–Kier alpha value is -0.0800. The van der Waals surface area contributed by atoms with Gasteiger partial charge in [-0.25, -0.2) is 0 Å². The molecule has 0 spiro atoms. The van der Waals surface area contributed by atoms with Gasteiger partial charge >= 0.3 is 0 Å². The lowest BCUT2D eigenvalue weighted by Gasteiger charge is -2.29. The maximum Gasteiger partial charge on any atom is 0.0112 e. The monoisotopic (exact) mass is 242 g/mol. The van der Waals surface area contributed by atoms with E-state index >= 15 is 0 Å². The van der Waals surface area contributed by atoms with Gasteiger partial charge < -0.3 is 4.90 Å². The molecule has 0 bridgehead atoms. The molecule has 0 aliphatic heterocycles. The van der Waals surface area contributed by atoms with Crippen molar-refractivity contribution in [2.24, 2.45) is 5.92 Å². The molecule has 17 heavy (non-hydrogen) atoms. The minimum Gasteiger partial charge on any atom is -0.305 e. The summed E-state index contributed by atoms with van der Waals surface area (Å²) in [5.74, 6) is 0.843. The minimum absolute atomic E-state index is 0.726. The van der Waals surface area contributed by atoms with Crippen LogP contribution in [0.25, 0.3) is 0 Å². The van der Waals surface area contributed by atoms with Crippen molar-refractivity contribution in [2.45, 2.75) is 59.9 Å². The smallest absolute Gasteiger partial charge is 0.0112 e. The van der Waals surface area contributed by atoms with Crippen LogP contribution in [0.4, 0.5) is 0 Å². The molecule has 0 aromatic rings.